The lowest BCUT2D eigenvalue weighted by atomic mass is 10.1. The van der Waals surface area contributed by atoms with E-state index < -0.39 is 17.2 Å². The second kappa shape index (κ2) is 7.40. The molecule has 1 N–H and O–H groups in total. The molecule has 0 aliphatic heterocycles. The van der Waals surface area contributed by atoms with Crippen LogP contribution in [0.25, 0.3) is 28.0 Å². The fraction of sp³-hybridized carbons (Fsp3) is 0.0500. The largest absolute Gasteiger partial charge is 0.298 e. The molecule has 0 radical (unpaired) electrons. The van der Waals surface area contributed by atoms with E-state index in [9.17, 15) is 13.6 Å². The van der Waals surface area contributed by atoms with Gasteiger partial charge in [0.05, 0.1) is 11.4 Å². The maximum Gasteiger partial charge on any atom is 0.256 e. The first kappa shape index (κ1) is 18.1. The number of para-hydroxylation sites is 1. The smallest absolute Gasteiger partial charge is 0.256 e. The zero-order chi connectivity index (χ0) is 19.7. The summed E-state index contributed by atoms with van der Waals surface area (Å²) in [7, 11) is 0. The molecule has 2 aromatic heterocycles. The molecule has 0 amide bonds. The molecule has 0 aliphatic rings. The highest BCUT2D eigenvalue weighted by atomic mass is 32.2. The SMILES string of the molecule is CSNc1nc(-c2ccccc2F)c2ccc(=O)n(-c3ccccc3F)c2n1. The Morgan fingerprint density at radius 2 is 1.64 bits per heavy atom. The van der Waals surface area contributed by atoms with Crippen LogP contribution in [0.2, 0.25) is 0 Å². The molecule has 0 saturated carbocycles. The lowest BCUT2D eigenvalue weighted by molar-refractivity contribution is 0.617. The quantitative estimate of drug-likeness (QED) is 0.518. The predicted octanol–water partition coefficient (Wildman–Crippen LogP) is 4.42. The number of pyridine rings is 1. The van der Waals surface area contributed by atoms with Crippen molar-refractivity contribution in [1.29, 1.82) is 0 Å². The molecule has 0 spiro atoms. The van der Waals surface area contributed by atoms with Crippen molar-refractivity contribution in [1.82, 2.24) is 14.5 Å². The minimum atomic E-state index is -0.567. The van der Waals surface area contributed by atoms with Gasteiger partial charge in [-0.15, -0.1) is 0 Å². The summed E-state index contributed by atoms with van der Waals surface area (Å²) in [5, 5.41) is 0.430. The van der Waals surface area contributed by atoms with Crippen molar-refractivity contribution in [3.05, 3.63) is 82.7 Å². The average Bonchev–Trinajstić information content (AvgIpc) is 2.69. The van der Waals surface area contributed by atoms with Gasteiger partial charge in [-0.25, -0.2) is 13.8 Å². The molecule has 8 heteroatoms. The molecule has 0 aliphatic carbocycles. The van der Waals surface area contributed by atoms with Crippen LogP contribution in [0.1, 0.15) is 0 Å². The maximum atomic E-state index is 14.5. The molecular weight excluding hydrogens is 382 g/mol. The number of benzene rings is 2. The van der Waals surface area contributed by atoms with Gasteiger partial charge in [-0.05, 0) is 30.3 Å². The fourth-order valence-corrected chi connectivity index (χ4v) is 3.25. The van der Waals surface area contributed by atoms with Gasteiger partial charge in [0.1, 0.15) is 11.6 Å². The van der Waals surface area contributed by atoms with Crippen LogP contribution in [-0.4, -0.2) is 20.8 Å². The summed E-state index contributed by atoms with van der Waals surface area (Å²) in [6.07, 6.45) is 1.78. The predicted molar refractivity (Wildman–Crippen MR) is 108 cm³/mol. The first-order valence-corrected chi connectivity index (χ1v) is 9.55. The fourth-order valence-electron chi connectivity index (χ4n) is 2.98. The Labute approximate surface area is 163 Å². The maximum absolute atomic E-state index is 14.5. The number of rotatable bonds is 4. The van der Waals surface area contributed by atoms with Crippen molar-refractivity contribution in [3.8, 4) is 16.9 Å². The Hall–Kier alpha value is -3.26. The summed E-state index contributed by atoms with van der Waals surface area (Å²) >= 11 is 1.25. The Kier molecular flexibility index (Phi) is 4.79. The lowest BCUT2D eigenvalue weighted by Crippen LogP contribution is -2.20. The van der Waals surface area contributed by atoms with E-state index in [2.05, 4.69) is 14.7 Å². The van der Waals surface area contributed by atoms with Gasteiger partial charge in [0.15, 0.2) is 5.65 Å². The zero-order valence-electron chi connectivity index (χ0n) is 14.7. The highest BCUT2D eigenvalue weighted by Gasteiger charge is 2.18. The number of nitrogens with one attached hydrogen (secondary N) is 1. The third-order valence-electron chi connectivity index (χ3n) is 4.17. The van der Waals surface area contributed by atoms with Gasteiger partial charge in [0.25, 0.3) is 5.56 Å². The summed E-state index contributed by atoms with van der Waals surface area (Å²) in [4.78, 5) is 21.4. The van der Waals surface area contributed by atoms with E-state index in [1.54, 1.807) is 30.5 Å². The van der Waals surface area contributed by atoms with Crippen LogP contribution in [0.5, 0.6) is 0 Å². The zero-order valence-corrected chi connectivity index (χ0v) is 15.5. The van der Waals surface area contributed by atoms with Crippen molar-refractivity contribution < 1.29 is 8.78 Å². The molecule has 0 saturated heterocycles. The van der Waals surface area contributed by atoms with Gasteiger partial charge in [0, 0.05) is 23.3 Å². The van der Waals surface area contributed by atoms with Crippen LogP contribution in [0.15, 0.2) is 65.5 Å². The topological polar surface area (TPSA) is 59.8 Å². The Bertz CT molecular complexity index is 1240. The van der Waals surface area contributed by atoms with Gasteiger partial charge in [0.2, 0.25) is 5.95 Å². The van der Waals surface area contributed by atoms with E-state index in [4.69, 9.17) is 0 Å². The minimum Gasteiger partial charge on any atom is -0.298 e. The van der Waals surface area contributed by atoms with E-state index in [-0.39, 0.29) is 22.8 Å². The molecular formula is C20H14F2N4OS. The molecule has 28 heavy (non-hydrogen) atoms. The summed E-state index contributed by atoms with van der Waals surface area (Å²) in [5.41, 5.74) is 0.363. The van der Waals surface area contributed by atoms with Gasteiger partial charge in [-0.2, -0.15) is 4.98 Å². The van der Waals surface area contributed by atoms with Crippen LogP contribution >= 0.6 is 11.9 Å². The average molecular weight is 396 g/mol. The Morgan fingerprint density at radius 3 is 2.36 bits per heavy atom. The Morgan fingerprint density at radius 1 is 0.929 bits per heavy atom. The van der Waals surface area contributed by atoms with Crippen LogP contribution in [0, 0.1) is 11.6 Å². The van der Waals surface area contributed by atoms with Crippen molar-refractivity contribution in [2.24, 2.45) is 0 Å². The van der Waals surface area contributed by atoms with Gasteiger partial charge in [-0.3, -0.25) is 14.1 Å². The molecule has 0 bridgehead atoms. The highest BCUT2D eigenvalue weighted by molar-refractivity contribution is 7.99. The number of aromatic nitrogens is 3. The Balaban J connectivity index is 2.13. The van der Waals surface area contributed by atoms with Gasteiger partial charge < -0.3 is 0 Å². The summed E-state index contributed by atoms with van der Waals surface area (Å²) in [6, 6.07) is 14.9. The number of anilines is 1. The van der Waals surface area contributed by atoms with Crippen molar-refractivity contribution in [2.75, 3.05) is 11.0 Å². The summed E-state index contributed by atoms with van der Waals surface area (Å²) in [6.45, 7) is 0. The molecule has 0 unspecified atom stereocenters. The standard InChI is InChI=1S/C20H14F2N4OS/c1-28-25-20-23-18(12-6-2-3-7-14(12)21)13-10-11-17(27)26(19(13)24-20)16-9-5-4-8-15(16)22/h2-11H,1H3,(H,23,24,25). The molecule has 140 valence electrons. The minimum absolute atomic E-state index is 0.0615. The number of nitrogens with zero attached hydrogens (tertiary/aromatic N) is 3. The van der Waals surface area contributed by atoms with Crippen LogP contribution in [-0.2, 0) is 0 Å². The van der Waals surface area contributed by atoms with E-state index in [1.165, 1.54) is 52.9 Å². The number of hydrogen-bond donors (Lipinski definition) is 1. The molecule has 0 atom stereocenters. The molecule has 4 rings (SSSR count). The van der Waals surface area contributed by atoms with E-state index in [0.717, 1.165) is 0 Å². The molecule has 0 fully saturated rings. The van der Waals surface area contributed by atoms with Crippen molar-refractivity contribution >= 4 is 28.9 Å². The monoisotopic (exact) mass is 396 g/mol. The second-order valence-electron chi connectivity index (χ2n) is 5.88. The number of fused-ring (bicyclic) bond motifs is 1. The van der Waals surface area contributed by atoms with Gasteiger partial charge in [-0.1, -0.05) is 36.2 Å². The van der Waals surface area contributed by atoms with Crippen molar-refractivity contribution in [2.45, 2.75) is 0 Å². The number of halogens is 2. The molecule has 2 heterocycles. The van der Waals surface area contributed by atoms with E-state index in [0.29, 0.717) is 11.1 Å². The molecule has 2 aromatic carbocycles. The molecule has 4 aromatic rings. The van der Waals surface area contributed by atoms with E-state index in [1.807, 2.05) is 0 Å². The summed E-state index contributed by atoms with van der Waals surface area (Å²) in [5.74, 6) is -0.835. The van der Waals surface area contributed by atoms with Crippen LogP contribution in [0.4, 0.5) is 14.7 Å². The summed E-state index contributed by atoms with van der Waals surface area (Å²) < 4.78 is 33.0. The number of hydrogen-bond acceptors (Lipinski definition) is 5. The van der Waals surface area contributed by atoms with E-state index >= 15 is 0 Å². The first-order chi connectivity index (χ1) is 13.6. The second-order valence-corrected chi connectivity index (χ2v) is 6.49. The third kappa shape index (κ3) is 3.11. The normalized spacial score (nSPS) is 11.0. The highest BCUT2D eigenvalue weighted by Crippen LogP contribution is 2.30. The van der Waals surface area contributed by atoms with Crippen LogP contribution < -0.4 is 10.3 Å². The van der Waals surface area contributed by atoms with Crippen molar-refractivity contribution in [3.63, 3.8) is 0 Å². The molecule has 5 nitrogen and oxygen atoms in total. The third-order valence-corrected chi connectivity index (χ3v) is 4.55. The van der Waals surface area contributed by atoms with Crippen LogP contribution in [0.3, 0.4) is 0 Å². The van der Waals surface area contributed by atoms with Gasteiger partial charge >= 0.3 is 0 Å². The first-order valence-electron chi connectivity index (χ1n) is 8.33. The lowest BCUT2D eigenvalue weighted by Gasteiger charge is -2.14.